The zero-order valence-corrected chi connectivity index (χ0v) is 21.0. The number of pyridine rings is 1. The number of rotatable bonds is 7. The Morgan fingerprint density at radius 3 is 2.53 bits per heavy atom. The van der Waals surface area contributed by atoms with Crippen molar-refractivity contribution in [2.75, 3.05) is 17.7 Å². The minimum Gasteiger partial charge on any atom is -0.384 e. The molecule has 3 aromatic rings. The summed E-state index contributed by atoms with van der Waals surface area (Å²) in [5, 5.41) is 3.48. The van der Waals surface area contributed by atoms with Gasteiger partial charge in [0.25, 0.3) is 5.91 Å². The Morgan fingerprint density at radius 1 is 1.19 bits per heavy atom. The summed E-state index contributed by atoms with van der Waals surface area (Å²) in [6, 6.07) is 8.54. The number of aryl methyl sites for hydroxylation is 1. The molecule has 2 aromatic heterocycles. The quantitative estimate of drug-likeness (QED) is 0.471. The molecular weight excluding hydrogens is 482 g/mol. The van der Waals surface area contributed by atoms with Gasteiger partial charge in [0.05, 0.1) is 12.0 Å². The fraction of sp³-hybridized carbons (Fsp3) is 0.320. The molecule has 0 radical (unpaired) electrons. The van der Waals surface area contributed by atoms with Crippen molar-refractivity contribution in [2.24, 2.45) is 13.0 Å². The first-order valence-electron chi connectivity index (χ1n) is 11.6. The molecule has 1 saturated heterocycles. The summed E-state index contributed by atoms with van der Waals surface area (Å²) < 4.78 is 1.69. The van der Waals surface area contributed by atoms with Gasteiger partial charge in [0.2, 0.25) is 11.9 Å². The number of benzene rings is 1. The molecule has 11 heteroatoms. The largest absolute Gasteiger partial charge is 0.384 e. The zero-order chi connectivity index (χ0) is 26.0. The van der Waals surface area contributed by atoms with E-state index in [1.54, 1.807) is 61.5 Å². The van der Waals surface area contributed by atoms with Crippen LogP contribution in [0, 0.1) is 5.92 Å². The molecule has 3 atom stereocenters. The number of likely N-dealkylation sites (tertiary alicyclic amines) is 1. The number of hydrogen-bond donors (Lipinski definition) is 2. The van der Waals surface area contributed by atoms with Crippen LogP contribution in [0.1, 0.15) is 30.5 Å². The lowest BCUT2D eigenvalue weighted by Crippen LogP contribution is -2.70. The van der Waals surface area contributed by atoms with Crippen LogP contribution in [0.25, 0.3) is 0 Å². The van der Waals surface area contributed by atoms with Crippen LogP contribution < -0.4 is 16.0 Å². The van der Waals surface area contributed by atoms with E-state index in [-0.39, 0.29) is 12.5 Å². The average Bonchev–Trinajstić information content (AvgIpc) is 3.29. The van der Waals surface area contributed by atoms with Gasteiger partial charge in [0.1, 0.15) is 11.9 Å². The summed E-state index contributed by atoms with van der Waals surface area (Å²) in [6.07, 6.45) is 5.66. The molecule has 36 heavy (non-hydrogen) atoms. The number of urea groups is 1. The number of nitrogens with zero attached hydrogens (tertiary/aromatic N) is 5. The lowest BCUT2D eigenvalue weighted by Gasteiger charge is -2.45. The van der Waals surface area contributed by atoms with Crippen molar-refractivity contribution in [2.45, 2.75) is 31.8 Å². The fourth-order valence-electron chi connectivity index (χ4n) is 4.44. The molecule has 1 aliphatic rings. The summed E-state index contributed by atoms with van der Waals surface area (Å²) >= 11 is 5.99. The highest BCUT2D eigenvalue weighted by Gasteiger charge is 2.55. The second kappa shape index (κ2) is 10.4. The first-order chi connectivity index (χ1) is 17.2. The number of likely N-dealkylation sites (N-methyl/N-ethyl adjacent to an activating group) is 1. The lowest BCUT2D eigenvalue weighted by atomic mass is 9.81. The molecule has 1 fully saturated rings. The second-order valence-electron chi connectivity index (χ2n) is 8.75. The molecule has 1 aliphatic heterocycles. The third-order valence-electron chi connectivity index (χ3n) is 6.39. The molecule has 188 valence electrons. The van der Waals surface area contributed by atoms with Crippen LogP contribution in [0.2, 0.25) is 5.02 Å². The van der Waals surface area contributed by atoms with Crippen molar-refractivity contribution >= 4 is 41.2 Å². The molecule has 0 bridgehead atoms. The number of carbonyl (C=O) groups excluding carboxylic acids is 3. The van der Waals surface area contributed by atoms with Gasteiger partial charge < -0.3 is 15.6 Å². The lowest BCUT2D eigenvalue weighted by molar-refractivity contribution is -0.156. The van der Waals surface area contributed by atoms with Crippen LogP contribution in [-0.4, -0.2) is 50.4 Å². The van der Waals surface area contributed by atoms with Gasteiger partial charge in [0.15, 0.2) is 0 Å². The van der Waals surface area contributed by atoms with Gasteiger partial charge in [-0.05, 0) is 48.2 Å². The van der Waals surface area contributed by atoms with Crippen molar-refractivity contribution in [3.8, 4) is 0 Å². The third-order valence-corrected chi connectivity index (χ3v) is 6.64. The number of imide groups is 1. The molecule has 3 heterocycles. The Morgan fingerprint density at radius 2 is 1.92 bits per heavy atom. The number of imidazole rings is 1. The number of nitrogens with one attached hydrogen (secondary N) is 1. The first-order valence-corrected chi connectivity index (χ1v) is 11.9. The van der Waals surface area contributed by atoms with Gasteiger partial charge in [-0.15, -0.1) is 0 Å². The van der Waals surface area contributed by atoms with E-state index in [2.05, 4.69) is 15.3 Å². The highest BCUT2D eigenvalue weighted by molar-refractivity contribution is 6.30. The van der Waals surface area contributed by atoms with E-state index in [1.165, 1.54) is 4.90 Å². The van der Waals surface area contributed by atoms with Gasteiger partial charge in [-0.3, -0.25) is 19.4 Å². The van der Waals surface area contributed by atoms with Crippen molar-refractivity contribution in [3.63, 3.8) is 0 Å². The summed E-state index contributed by atoms with van der Waals surface area (Å²) in [6.45, 7) is 1.92. The molecule has 1 aromatic carbocycles. The number of hydrogen-bond acceptors (Lipinski definition) is 6. The van der Waals surface area contributed by atoms with Gasteiger partial charge in [-0.25, -0.2) is 14.8 Å². The van der Waals surface area contributed by atoms with Gasteiger partial charge in [-0.2, -0.15) is 0 Å². The van der Waals surface area contributed by atoms with Crippen LogP contribution in [-0.2, 0) is 23.1 Å². The number of β-lactam (4-membered cyclic amide) rings is 1. The Balaban J connectivity index is 1.60. The predicted molar refractivity (Wildman–Crippen MR) is 136 cm³/mol. The van der Waals surface area contributed by atoms with Crippen LogP contribution in [0.15, 0.2) is 55.0 Å². The molecule has 0 spiro atoms. The minimum atomic E-state index is -1.00. The smallest absolute Gasteiger partial charge is 0.325 e. The molecule has 0 saturated carbocycles. The predicted octanol–water partition coefficient (Wildman–Crippen LogP) is 2.94. The molecular formula is C25H28ClN7O3. The maximum Gasteiger partial charge on any atom is 0.325 e. The number of nitrogens with two attached hydrogens (primary N) is 1. The Labute approximate surface area is 214 Å². The average molecular weight is 510 g/mol. The van der Waals surface area contributed by atoms with E-state index in [4.69, 9.17) is 17.3 Å². The van der Waals surface area contributed by atoms with E-state index >= 15 is 0 Å². The number of aromatic nitrogens is 3. The van der Waals surface area contributed by atoms with E-state index in [0.29, 0.717) is 23.2 Å². The summed E-state index contributed by atoms with van der Waals surface area (Å²) in [7, 11) is 3.34. The highest BCUT2D eigenvalue weighted by atomic mass is 35.5. The summed E-state index contributed by atoms with van der Waals surface area (Å²) in [5.74, 6) is -0.857. The highest BCUT2D eigenvalue weighted by Crippen LogP contribution is 2.33. The normalized spacial score (nSPS) is 17.9. The minimum absolute atomic E-state index is 0.245. The zero-order valence-electron chi connectivity index (χ0n) is 20.3. The molecule has 4 amide bonds. The van der Waals surface area contributed by atoms with Gasteiger partial charge in [0, 0.05) is 37.7 Å². The number of halogens is 1. The van der Waals surface area contributed by atoms with Crippen LogP contribution >= 0.6 is 11.6 Å². The molecule has 4 rings (SSSR count). The summed E-state index contributed by atoms with van der Waals surface area (Å²) in [4.78, 5) is 50.8. The van der Waals surface area contributed by atoms with E-state index < -0.39 is 29.8 Å². The third kappa shape index (κ3) is 4.90. The van der Waals surface area contributed by atoms with Crippen molar-refractivity contribution in [1.29, 1.82) is 0 Å². The summed E-state index contributed by atoms with van der Waals surface area (Å²) in [5.41, 5.74) is 7.40. The Kier molecular flexibility index (Phi) is 7.25. The van der Waals surface area contributed by atoms with E-state index in [1.807, 2.05) is 19.1 Å². The topological polar surface area (TPSA) is 126 Å². The molecule has 0 unspecified atom stereocenters. The molecule has 10 nitrogen and oxygen atoms in total. The van der Waals surface area contributed by atoms with Crippen LogP contribution in [0.3, 0.4) is 0 Å². The van der Waals surface area contributed by atoms with E-state index in [9.17, 15) is 14.4 Å². The maximum atomic E-state index is 13.6. The first kappa shape index (κ1) is 25.2. The standard InChI is InChI=1S/C25H28ClN7O3/c1-4-19(16-5-7-17(26)8-6-16)30-25(36)33-21(23(35)32(3)24-29-11-12-31(24)2)18(22(33)34)13-15-9-10-28-20(27)14-15/h5-12,14,18-19,21H,4,13H2,1-3H3,(H2,27,28)(H,30,36)/t18-,19-,21+/m1/s1. The van der Waals surface area contributed by atoms with Gasteiger partial charge in [-0.1, -0.05) is 30.7 Å². The van der Waals surface area contributed by atoms with E-state index in [0.717, 1.165) is 16.0 Å². The number of amides is 4. The Bertz CT molecular complexity index is 1280. The number of nitrogen functional groups attached to an aromatic ring is 1. The van der Waals surface area contributed by atoms with Crippen molar-refractivity contribution < 1.29 is 14.4 Å². The van der Waals surface area contributed by atoms with Crippen LogP contribution in [0.5, 0.6) is 0 Å². The Hall–Kier alpha value is -3.92. The fourth-order valence-corrected chi connectivity index (χ4v) is 4.57. The molecule has 3 N–H and O–H groups in total. The molecule has 0 aliphatic carbocycles. The second-order valence-corrected chi connectivity index (χ2v) is 9.19. The van der Waals surface area contributed by atoms with Crippen LogP contribution in [0.4, 0.5) is 16.6 Å². The van der Waals surface area contributed by atoms with Crippen molar-refractivity contribution in [1.82, 2.24) is 24.8 Å². The SMILES string of the molecule is CC[C@@H](NC(=O)N1C(=O)[C@H](Cc2ccnc(N)c2)[C@H]1C(=O)N(C)c1nccn1C)c1ccc(Cl)cc1. The number of anilines is 2. The maximum absolute atomic E-state index is 13.6. The van der Waals surface area contributed by atoms with Crippen molar-refractivity contribution in [3.05, 3.63) is 71.1 Å². The van der Waals surface area contributed by atoms with Gasteiger partial charge >= 0.3 is 6.03 Å². The number of carbonyl (C=O) groups is 3. The monoisotopic (exact) mass is 509 g/mol.